The zero-order valence-electron chi connectivity index (χ0n) is 16.3. The van der Waals surface area contributed by atoms with Crippen molar-refractivity contribution in [3.05, 3.63) is 82.6 Å². The van der Waals surface area contributed by atoms with E-state index in [4.69, 9.17) is 11.6 Å². The molecule has 0 aromatic heterocycles. The van der Waals surface area contributed by atoms with Crippen LogP contribution in [0.25, 0.3) is 0 Å². The Morgan fingerprint density at radius 2 is 1.55 bits per heavy atom. The van der Waals surface area contributed by atoms with Gasteiger partial charge in [0.25, 0.3) is 17.7 Å². The maximum Gasteiger partial charge on any atom is 0.274 e. The van der Waals surface area contributed by atoms with Crippen LogP contribution in [0.5, 0.6) is 0 Å². The van der Waals surface area contributed by atoms with Crippen molar-refractivity contribution in [2.24, 2.45) is 11.8 Å². The molecule has 0 unspecified atom stereocenters. The summed E-state index contributed by atoms with van der Waals surface area (Å²) in [6, 6.07) is 11.0. The average molecular weight is 441 g/mol. The standard InChI is InChI=1S/C23H18ClFN2O4/c24-19-8-4-3-7-18(19)21(29)26(13-20(28)14-9-11-15(25)12-10-14)27-22(30)16-5-1-2-6-17(16)23(27)31/h1-4,7-12,16-17H,5-6,13H2/t16-,17+. The minimum Gasteiger partial charge on any atom is -0.292 e. The van der Waals surface area contributed by atoms with Crippen molar-refractivity contribution < 1.29 is 23.6 Å². The first-order valence-electron chi connectivity index (χ1n) is 9.76. The predicted octanol–water partition coefficient (Wildman–Crippen LogP) is 3.67. The molecule has 2 atom stereocenters. The number of rotatable bonds is 5. The van der Waals surface area contributed by atoms with Crippen molar-refractivity contribution >= 4 is 35.1 Å². The molecule has 1 fully saturated rings. The van der Waals surface area contributed by atoms with E-state index < -0.39 is 47.7 Å². The van der Waals surface area contributed by atoms with Gasteiger partial charge < -0.3 is 0 Å². The summed E-state index contributed by atoms with van der Waals surface area (Å²) in [5.74, 6) is -3.98. The monoisotopic (exact) mass is 440 g/mol. The molecular weight excluding hydrogens is 423 g/mol. The number of allylic oxidation sites excluding steroid dienone is 2. The van der Waals surface area contributed by atoms with Crippen molar-refractivity contribution in [3.63, 3.8) is 0 Å². The summed E-state index contributed by atoms with van der Waals surface area (Å²) >= 11 is 6.16. The van der Waals surface area contributed by atoms with Gasteiger partial charge in [-0.3, -0.25) is 19.2 Å². The fourth-order valence-corrected chi connectivity index (χ4v) is 4.11. The van der Waals surface area contributed by atoms with E-state index in [1.165, 1.54) is 24.3 Å². The number of fused-ring (bicyclic) bond motifs is 1. The van der Waals surface area contributed by atoms with Gasteiger partial charge in [-0.25, -0.2) is 9.40 Å². The van der Waals surface area contributed by atoms with Crippen LogP contribution in [0.15, 0.2) is 60.7 Å². The lowest BCUT2D eigenvalue weighted by atomic mass is 9.85. The Hall–Kier alpha value is -3.32. The third kappa shape index (κ3) is 3.88. The first kappa shape index (κ1) is 20.9. The maximum absolute atomic E-state index is 13.3. The summed E-state index contributed by atoms with van der Waals surface area (Å²) in [4.78, 5) is 52.3. The van der Waals surface area contributed by atoms with Crippen LogP contribution in [0.2, 0.25) is 5.02 Å². The largest absolute Gasteiger partial charge is 0.292 e. The molecule has 2 aliphatic rings. The Balaban J connectivity index is 1.70. The first-order valence-corrected chi connectivity index (χ1v) is 10.1. The highest BCUT2D eigenvalue weighted by molar-refractivity contribution is 6.34. The number of Topliss-reactive ketones (excluding diaryl/α,β-unsaturated/α-hetero) is 1. The van der Waals surface area contributed by atoms with Gasteiger partial charge in [-0.2, -0.15) is 5.01 Å². The van der Waals surface area contributed by atoms with Crippen molar-refractivity contribution in [1.82, 2.24) is 10.0 Å². The minimum absolute atomic E-state index is 0.0599. The quantitative estimate of drug-likeness (QED) is 0.404. The topological polar surface area (TPSA) is 74.8 Å². The van der Waals surface area contributed by atoms with E-state index in [0.717, 1.165) is 22.2 Å². The molecule has 1 saturated heterocycles. The van der Waals surface area contributed by atoms with Gasteiger partial charge >= 0.3 is 0 Å². The fourth-order valence-electron chi connectivity index (χ4n) is 3.89. The zero-order chi connectivity index (χ0) is 22.1. The summed E-state index contributed by atoms with van der Waals surface area (Å²) in [6.45, 7) is -0.569. The van der Waals surface area contributed by atoms with Crippen molar-refractivity contribution in [2.75, 3.05) is 6.54 Å². The molecule has 1 heterocycles. The van der Waals surface area contributed by atoms with Gasteiger partial charge in [0.15, 0.2) is 5.78 Å². The molecule has 2 aromatic carbocycles. The number of ketones is 1. The first-order chi connectivity index (χ1) is 14.9. The second-order valence-electron chi connectivity index (χ2n) is 7.42. The summed E-state index contributed by atoms with van der Waals surface area (Å²) in [5.41, 5.74) is 0.209. The van der Waals surface area contributed by atoms with E-state index in [1.54, 1.807) is 12.1 Å². The van der Waals surface area contributed by atoms with Crippen molar-refractivity contribution in [2.45, 2.75) is 12.8 Å². The van der Waals surface area contributed by atoms with Crippen LogP contribution in [0.4, 0.5) is 4.39 Å². The predicted molar refractivity (Wildman–Crippen MR) is 110 cm³/mol. The third-order valence-corrected chi connectivity index (χ3v) is 5.85. The smallest absolute Gasteiger partial charge is 0.274 e. The van der Waals surface area contributed by atoms with Crippen LogP contribution in [-0.4, -0.2) is 40.1 Å². The maximum atomic E-state index is 13.3. The number of nitrogens with zero attached hydrogens (tertiary/aromatic N) is 2. The molecule has 8 heteroatoms. The Kier molecular flexibility index (Phi) is 5.69. The Morgan fingerprint density at radius 1 is 0.968 bits per heavy atom. The number of carbonyl (C=O) groups excluding carboxylic acids is 4. The highest BCUT2D eigenvalue weighted by atomic mass is 35.5. The highest BCUT2D eigenvalue weighted by Gasteiger charge is 2.51. The van der Waals surface area contributed by atoms with Gasteiger partial charge in [-0.15, -0.1) is 0 Å². The molecule has 0 radical (unpaired) electrons. The van der Waals surface area contributed by atoms with E-state index in [0.29, 0.717) is 12.8 Å². The normalized spacial score (nSPS) is 20.0. The van der Waals surface area contributed by atoms with Gasteiger partial charge in [0, 0.05) is 5.56 Å². The molecule has 2 aromatic rings. The second kappa shape index (κ2) is 8.43. The van der Waals surface area contributed by atoms with E-state index >= 15 is 0 Å². The van der Waals surface area contributed by atoms with E-state index in [2.05, 4.69) is 0 Å². The van der Waals surface area contributed by atoms with Crippen LogP contribution in [0, 0.1) is 17.7 Å². The van der Waals surface area contributed by atoms with Crippen LogP contribution >= 0.6 is 11.6 Å². The lowest BCUT2D eigenvalue weighted by Crippen LogP contribution is -2.52. The number of hydrogen-bond acceptors (Lipinski definition) is 4. The number of halogens is 2. The third-order valence-electron chi connectivity index (χ3n) is 5.52. The summed E-state index contributed by atoms with van der Waals surface area (Å²) in [5, 5.41) is 1.77. The number of benzene rings is 2. The number of imide groups is 1. The van der Waals surface area contributed by atoms with Crippen molar-refractivity contribution in [1.29, 1.82) is 0 Å². The highest BCUT2D eigenvalue weighted by Crippen LogP contribution is 2.36. The average Bonchev–Trinajstić information content (AvgIpc) is 3.03. The zero-order valence-corrected chi connectivity index (χ0v) is 17.1. The fraction of sp³-hybridized carbons (Fsp3) is 0.217. The lowest BCUT2D eigenvalue weighted by Gasteiger charge is -2.30. The number of amides is 3. The number of carbonyl (C=O) groups is 4. The van der Waals surface area contributed by atoms with Gasteiger partial charge in [0.05, 0.1) is 22.4 Å². The molecule has 158 valence electrons. The van der Waals surface area contributed by atoms with Gasteiger partial charge in [-0.05, 0) is 49.2 Å². The van der Waals surface area contributed by atoms with Gasteiger partial charge in [-0.1, -0.05) is 35.9 Å². The molecule has 1 aliphatic carbocycles. The molecule has 1 aliphatic heterocycles. The lowest BCUT2D eigenvalue weighted by molar-refractivity contribution is -0.154. The minimum atomic E-state index is -0.741. The Morgan fingerprint density at radius 3 is 2.13 bits per heavy atom. The van der Waals surface area contributed by atoms with Crippen LogP contribution in [0.3, 0.4) is 0 Å². The van der Waals surface area contributed by atoms with Crippen LogP contribution in [-0.2, 0) is 9.59 Å². The van der Waals surface area contributed by atoms with Gasteiger partial charge in [0.1, 0.15) is 12.4 Å². The molecule has 0 N–H and O–H groups in total. The summed E-state index contributed by atoms with van der Waals surface area (Å²) in [7, 11) is 0. The van der Waals surface area contributed by atoms with E-state index in [-0.39, 0.29) is 16.1 Å². The van der Waals surface area contributed by atoms with Crippen molar-refractivity contribution in [3.8, 4) is 0 Å². The van der Waals surface area contributed by atoms with E-state index in [9.17, 15) is 23.6 Å². The number of hydrazine groups is 1. The molecule has 31 heavy (non-hydrogen) atoms. The van der Waals surface area contributed by atoms with E-state index in [1.807, 2.05) is 12.2 Å². The molecule has 0 saturated carbocycles. The number of hydrogen-bond donors (Lipinski definition) is 0. The molecular formula is C23H18ClFN2O4. The molecule has 6 nitrogen and oxygen atoms in total. The molecule has 4 rings (SSSR count). The molecule has 0 bridgehead atoms. The SMILES string of the molecule is O=C(CN(C(=O)c1ccccc1Cl)N1C(=O)[C@H]2CC=CC[C@H]2C1=O)c1ccc(F)cc1. The summed E-state index contributed by atoms with van der Waals surface area (Å²) in [6.07, 6.45) is 4.46. The Labute approximate surface area is 182 Å². The van der Waals surface area contributed by atoms with Gasteiger partial charge in [0.2, 0.25) is 0 Å². The van der Waals surface area contributed by atoms with Crippen LogP contribution < -0.4 is 0 Å². The molecule has 0 spiro atoms. The summed E-state index contributed by atoms with van der Waals surface area (Å²) < 4.78 is 13.2. The Bertz CT molecular complexity index is 1070. The second-order valence-corrected chi connectivity index (χ2v) is 7.82. The van der Waals surface area contributed by atoms with Crippen LogP contribution in [0.1, 0.15) is 33.6 Å². The molecule has 3 amide bonds.